The van der Waals surface area contributed by atoms with Crippen molar-refractivity contribution in [3.63, 3.8) is 0 Å². The number of carbonyl (C=O) groups is 3. The number of aromatic nitrogens is 1. The fourth-order valence-electron chi connectivity index (χ4n) is 5.31. The molecule has 3 N–H and O–H groups in total. The van der Waals surface area contributed by atoms with Crippen molar-refractivity contribution in [3.8, 4) is 0 Å². The van der Waals surface area contributed by atoms with Crippen LogP contribution in [0.5, 0.6) is 0 Å². The number of oxime groups is 1. The molecule has 4 aromatic rings. The standard InChI is InChI=1S/C37H43N5O5S2Si/c1-36(2,34(45)46-22-23-50(4,5)6)47-42-29(31(43)39-30-32(44)40-33(30)48-3)28-24-49-35(38-28)41-37(25-16-10-7-11-17-25,26-18-12-8-13-19-26)27-20-14-9-15-21-27/h7-21,24,30,33H,22-23H2,1-6H3,(H,38,41)(H,39,43)(H,40,44)/b42-29-/t30-,33-/m1/s1. The van der Waals surface area contributed by atoms with E-state index in [9.17, 15) is 14.4 Å². The molecule has 13 heteroatoms. The summed E-state index contributed by atoms with van der Waals surface area (Å²) in [7, 11) is -1.43. The number of thioether (sulfide) groups is 1. The minimum absolute atomic E-state index is 0.179. The Kier molecular flexibility index (Phi) is 11.5. The molecule has 1 saturated heterocycles. The van der Waals surface area contributed by atoms with E-state index in [1.54, 1.807) is 5.38 Å². The molecule has 262 valence electrons. The lowest BCUT2D eigenvalue weighted by Crippen LogP contribution is -2.68. The Labute approximate surface area is 302 Å². The second-order valence-electron chi connectivity index (χ2n) is 13.6. The Morgan fingerprint density at radius 3 is 1.96 bits per heavy atom. The molecule has 10 nitrogen and oxygen atoms in total. The maximum Gasteiger partial charge on any atom is 0.352 e. The summed E-state index contributed by atoms with van der Waals surface area (Å²) < 4.78 is 5.52. The van der Waals surface area contributed by atoms with Crippen LogP contribution in [0.15, 0.2) is 102 Å². The molecule has 1 fully saturated rings. The van der Waals surface area contributed by atoms with Crippen LogP contribution < -0.4 is 16.0 Å². The zero-order valence-electron chi connectivity index (χ0n) is 29.1. The summed E-state index contributed by atoms with van der Waals surface area (Å²) in [5, 5.41) is 15.4. The van der Waals surface area contributed by atoms with Gasteiger partial charge in [-0.25, -0.2) is 9.78 Å². The van der Waals surface area contributed by atoms with Crippen molar-refractivity contribution >= 4 is 59.8 Å². The van der Waals surface area contributed by atoms with Gasteiger partial charge in [-0.3, -0.25) is 9.59 Å². The normalized spacial score (nSPS) is 16.5. The van der Waals surface area contributed by atoms with Crippen LogP contribution in [0.4, 0.5) is 5.13 Å². The number of nitrogens with zero attached hydrogens (tertiary/aromatic N) is 2. The van der Waals surface area contributed by atoms with Crippen molar-refractivity contribution in [2.45, 2.75) is 62.1 Å². The van der Waals surface area contributed by atoms with Gasteiger partial charge in [-0.15, -0.1) is 23.1 Å². The van der Waals surface area contributed by atoms with E-state index >= 15 is 0 Å². The van der Waals surface area contributed by atoms with Gasteiger partial charge in [0.1, 0.15) is 22.6 Å². The first-order valence-electron chi connectivity index (χ1n) is 16.3. The number of amides is 2. The molecule has 50 heavy (non-hydrogen) atoms. The van der Waals surface area contributed by atoms with Gasteiger partial charge in [0.05, 0.1) is 6.61 Å². The molecule has 2 heterocycles. The summed E-state index contributed by atoms with van der Waals surface area (Å²) in [6.45, 7) is 9.94. The van der Waals surface area contributed by atoms with Crippen LogP contribution in [0.2, 0.25) is 25.7 Å². The smallest absolute Gasteiger partial charge is 0.352 e. The largest absolute Gasteiger partial charge is 0.463 e. The predicted molar refractivity (Wildman–Crippen MR) is 203 cm³/mol. The number of anilines is 1. The lowest BCUT2D eigenvalue weighted by atomic mass is 9.77. The second kappa shape index (κ2) is 15.6. The number of hydrogen-bond donors (Lipinski definition) is 3. The number of carbonyl (C=O) groups excluding carboxylic acids is 3. The van der Waals surface area contributed by atoms with Gasteiger partial charge in [0, 0.05) is 13.5 Å². The quantitative estimate of drug-likeness (QED) is 0.0328. The fourth-order valence-corrected chi connectivity index (χ4v) is 7.47. The van der Waals surface area contributed by atoms with Crippen LogP contribution in [0, 0.1) is 0 Å². The highest BCUT2D eigenvalue weighted by atomic mass is 32.2. The molecule has 0 unspecified atom stereocenters. The van der Waals surface area contributed by atoms with E-state index in [0.717, 1.165) is 22.7 Å². The number of ether oxygens (including phenoxy) is 1. The van der Waals surface area contributed by atoms with E-state index in [-0.39, 0.29) is 29.3 Å². The monoisotopic (exact) mass is 729 g/mol. The molecule has 1 aromatic heterocycles. The number of hydrogen-bond acceptors (Lipinski definition) is 10. The average molecular weight is 730 g/mol. The molecule has 2 atom stereocenters. The summed E-state index contributed by atoms with van der Waals surface area (Å²) >= 11 is 2.70. The Morgan fingerprint density at radius 1 is 0.940 bits per heavy atom. The van der Waals surface area contributed by atoms with Crippen LogP contribution >= 0.6 is 23.1 Å². The van der Waals surface area contributed by atoms with Crippen LogP contribution in [-0.2, 0) is 29.5 Å². The van der Waals surface area contributed by atoms with Crippen molar-refractivity contribution in [1.82, 2.24) is 15.6 Å². The molecule has 5 rings (SSSR count). The van der Waals surface area contributed by atoms with E-state index in [2.05, 4.69) is 77.1 Å². The van der Waals surface area contributed by atoms with Gasteiger partial charge >= 0.3 is 5.97 Å². The minimum Gasteiger partial charge on any atom is -0.463 e. The van der Waals surface area contributed by atoms with Crippen molar-refractivity contribution < 1.29 is 24.0 Å². The molecule has 1 aliphatic heterocycles. The van der Waals surface area contributed by atoms with Gasteiger partial charge in [-0.05, 0) is 42.8 Å². The molecule has 0 bridgehead atoms. The molecular formula is C37H43N5O5S2Si. The van der Waals surface area contributed by atoms with Gasteiger partial charge in [0.2, 0.25) is 11.5 Å². The molecule has 3 aromatic carbocycles. The van der Waals surface area contributed by atoms with Crippen LogP contribution in [0.3, 0.4) is 0 Å². The predicted octanol–water partition coefficient (Wildman–Crippen LogP) is 6.23. The second-order valence-corrected chi connectivity index (χ2v) is 21.1. The molecule has 0 saturated carbocycles. The van der Waals surface area contributed by atoms with Crippen molar-refractivity contribution in [2.24, 2.45) is 5.16 Å². The third kappa shape index (κ3) is 8.45. The number of benzene rings is 3. The molecule has 1 aliphatic rings. The first-order chi connectivity index (χ1) is 23.8. The highest BCUT2D eigenvalue weighted by molar-refractivity contribution is 7.99. The van der Waals surface area contributed by atoms with E-state index in [1.165, 1.54) is 36.9 Å². The van der Waals surface area contributed by atoms with Crippen molar-refractivity contribution in [1.29, 1.82) is 0 Å². The van der Waals surface area contributed by atoms with Gasteiger partial charge < -0.3 is 25.5 Å². The van der Waals surface area contributed by atoms with Gasteiger partial charge in [0.25, 0.3) is 5.91 Å². The maximum atomic E-state index is 13.8. The summed E-state index contributed by atoms with van der Waals surface area (Å²) in [6, 6.07) is 30.3. The van der Waals surface area contributed by atoms with Gasteiger partial charge in [0.15, 0.2) is 10.8 Å². The lowest BCUT2D eigenvalue weighted by Gasteiger charge is -2.36. The van der Waals surface area contributed by atoms with Crippen molar-refractivity contribution in [2.75, 3.05) is 18.2 Å². The summed E-state index contributed by atoms with van der Waals surface area (Å²) in [6.07, 6.45) is 1.84. The van der Waals surface area contributed by atoms with E-state index < -0.39 is 37.1 Å². The maximum absolute atomic E-state index is 13.8. The van der Waals surface area contributed by atoms with Crippen LogP contribution in [0.1, 0.15) is 36.2 Å². The van der Waals surface area contributed by atoms with Gasteiger partial charge in [-0.1, -0.05) is 116 Å². The highest BCUT2D eigenvalue weighted by Gasteiger charge is 2.42. The SMILES string of the molecule is CS[C@H]1NC(=O)[C@H]1NC(=O)/C(=N\OC(C)(C)C(=O)OCC[Si](C)(C)C)c1csc(NC(c2ccccc2)(c2ccccc2)c2ccccc2)n1. The summed E-state index contributed by atoms with van der Waals surface area (Å²) in [5.41, 5.74) is 0.628. The van der Waals surface area contributed by atoms with Crippen LogP contribution in [0.25, 0.3) is 0 Å². The number of β-lactam (4-membered cyclic amide) rings is 1. The molecule has 0 spiro atoms. The van der Waals surface area contributed by atoms with E-state index in [0.29, 0.717) is 5.13 Å². The molecule has 0 aliphatic carbocycles. The Morgan fingerprint density at radius 2 is 1.48 bits per heavy atom. The first-order valence-corrected chi connectivity index (χ1v) is 22.2. The number of rotatable bonds is 15. The van der Waals surface area contributed by atoms with E-state index in [4.69, 9.17) is 14.6 Å². The van der Waals surface area contributed by atoms with Crippen LogP contribution in [-0.4, -0.2) is 66.4 Å². The molecule has 2 amide bonds. The number of thiazole rings is 1. The molecule has 0 radical (unpaired) electrons. The topological polar surface area (TPSA) is 131 Å². The number of nitrogens with one attached hydrogen (secondary N) is 3. The van der Waals surface area contributed by atoms with Crippen molar-refractivity contribution in [3.05, 3.63) is 119 Å². The zero-order valence-corrected chi connectivity index (χ0v) is 31.7. The summed E-state index contributed by atoms with van der Waals surface area (Å²) in [5.74, 6) is -1.56. The Bertz CT molecular complexity index is 1720. The van der Waals surface area contributed by atoms with Gasteiger partial charge in [-0.2, -0.15) is 0 Å². The Hall–Kier alpha value is -4.46. The third-order valence-electron chi connectivity index (χ3n) is 8.23. The highest BCUT2D eigenvalue weighted by Crippen LogP contribution is 2.40. The third-order valence-corrected chi connectivity index (χ3v) is 11.6. The Balaban J connectivity index is 1.51. The zero-order chi connectivity index (χ0) is 35.9. The summed E-state index contributed by atoms with van der Waals surface area (Å²) in [4.78, 5) is 49.7. The number of esters is 1. The average Bonchev–Trinajstić information content (AvgIpc) is 3.56. The van der Waals surface area contributed by atoms with E-state index in [1.807, 2.05) is 60.9 Å². The lowest BCUT2D eigenvalue weighted by molar-refractivity contribution is -0.167. The fraction of sp³-hybridized carbons (Fsp3) is 0.324. The molecular weight excluding hydrogens is 687 g/mol. The minimum atomic E-state index is -1.50. The first kappa shape index (κ1) is 36.8.